The first-order chi connectivity index (χ1) is 11.0. The van der Waals surface area contributed by atoms with Crippen LogP contribution in [-0.2, 0) is 0 Å². The summed E-state index contributed by atoms with van der Waals surface area (Å²) >= 11 is 0. The molecule has 2 aromatic rings. The Morgan fingerprint density at radius 1 is 0.739 bits per heavy atom. The first kappa shape index (κ1) is 15.5. The van der Waals surface area contributed by atoms with Crippen LogP contribution in [0.25, 0.3) is 0 Å². The molecule has 2 aromatic carbocycles. The van der Waals surface area contributed by atoms with Crippen molar-refractivity contribution in [3.63, 3.8) is 0 Å². The van der Waals surface area contributed by atoms with Crippen molar-refractivity contribution >= 4 is 11.4 Å². The number of benzene rings is 2. The molecule has 3 rings (SSSR count). The maximum absolute atomic E-state index is 4.74. The Morgan fingerprint density at radius 2 is 1.13 bits per heavy atom. The fourth-order valence-corrected chi connectivity index (χ4v) is 3.07. The average molecular weight is 305 g/mol. The molecule has 1 aliphatic rings. The van der Waals surface area contributed by atoms with Crippen LogP contribution in [0.3, 0.4) is 0 Å². The summed E-state index contributed by atoms with van der Waals surface area (Å²) in [4.78, 5) is 0. The SMILES string of the molecule is CN1N=C(c2ccccc2)C(C(C)(C)C)C(c2ccccc2)=N1. The van der Waals surface area contributed by atoms with E-state index in [0.29, 0.717) is 0 Å². The fraction of sp³-hybridized carbons (Fsp3) is 0.300. The first-order valence-electron chi connectivity index (χ1n) is 7.98. The molecule has 0 unspecified atom stereocenters. The minimum atomic E-state index is 0.0185. The molecule has 0 radical (unpaired) electrons. The molecule has 0 atom stereocenters. The van der Waals surface area contributed by atoms with Gasteiger partial charge in [0.2, 0.25) is 0 Å². The molecule has 0 N–H and O–H groups in total. The standard InChI is InChI=1S/C20H23N3/c1-20(2,3)17-18(15-11-7-5-8-12-15)21-23(4)22-19(17)16-13-9-6-10-14-16/h5-14,17H,1-4H3. The second-order valence-electron chi connectivity index (χ2n) is 6.99. The topological polar surface area (TPSA) is 28.0 Å². The number of hydrazone groups is 2. The molecule has 118 valence electrons. The van der Waals surface area contributed by atoms with Crippen LogP contribution in [-0.4, -0.2) is 23.6 Å². The van der Waals surface area contributed by atoms with Crippen molar-refractivity contribution in [2.75, 3.05) is 7.05 Å². The quantitative estimate of drug-likeness (QED) is 0.808. The average Bonchev–Trinajstić information content (AvgIpc) is 2.54. The van der Waals surface area contributed by atoms with Gasteiger partial charge in [0.1, 0.15) is 0 Å². The van der Waals surface area contributed by atoms with Crippen LogP contribution in [0, 0.1) is 11.3 Å². The van der Waals surface area contributed by atoms with Crippen LogP contribution >= 0.6 is 0 Å². The smallest absolute Gasteiger partial charge is 0.0795 e. The van der Waals surface area contributed by atoms with Crippen molar-refractivity contribution < 1.29 is 0 Å². The van der Waals surface area contributed by atoms with Crippen molar-refractivity contribution in [2.24, 2.45) is 21.5 Å². The lowest BCUT2D eigenvalue weighted by Crippen LogP contribution is -2.41. The molecule has 1 heterocycles. The number of hydrogen-bond acceptors (Lipinski definition) is 3. The van der Waals surface area contributed by atoms with Gasteiger partial charge in [0, 0.05) is 7.05 Å². The van der Waals surface area contributed by atoms with Gasteiger partial charge in [-0.2, -0.15) is 15.3 Å². The van der Waals surface area contributed by atoms with E-state index in [9.17, 15) is 0 Å². The molecule has 0 bridgehead atoms. The Kier molecular flexibility index (Phi) is 4.03. The summed E-state index contributed by atoms with van der Waals surface area (Å²) < 4.78 is 0. The maximum atomic E-state index is 4.74. The molecule has 3 nitrogen and oxygen atoms in total. The largest absolute Gasteiger partial charge is 0.188 e. The molecule has 0 amide bonds. The predicted molar refractivity (Wildman–Crippen MR) is 96.7 cm³/mol. The minimum absolute atomic E-state index is 0.0185. The predicted octanol–water partition coefficient (Wildman–Crippen LogP) is 4.40. The first-order valence-corrected chi connectivity index (χ1v) is 7.98. The van der Waals surface area contributed by atoms with E-state index in [1.807, 2.05) is 19.2 Å². The molecule has 0 fully saturated rings. The molecule has 0 aromatic heterocycles. The van der Waals surface area contributed by atoms with E-state index in [1.165, 1.54) is 0 Å². The Balaban J connectivity index is 2.14. The van der Waals surface area contributed by atoms with Crippen LogP contribution < -0.4 is 0 Å². The van der Waals surface area contributed by atoms with Gasteiger partial charge in [0.15, 0.2) is 0 Å². The van der Waals surface area contributed by atoms with Crippen LogP contribution in [0.2, 0.25) is 0 Å². The zero-order valence-corrected chi connectivity index (χ0v) is 14.2. The van der Waals surface area contributed by atoms with E-state index in [4.69, 9.17) is 10.2 Å². The monoisotopic (exact) mass is 305 g/mol. The fourth-order valence-electron chi connectivity index (χ4n) is 3.07. The minimum Gasteiger partial charge on any atom is -0.188 e. The van der Waals surface area contributed by atoms with Gasteiger partial charge in [-0.25, -0.2) is 0 Å². The molecule has 0 saturated carbocycles. The van der Waals surface area contributed by atoms with Gasteiger partial charge in [-0.3, -0.25) is 0 Å². The van der Waals surface area contributed by atoms with Gasteiger partial charge in [0.05, 0.1) is 17.3 Å². The van der Waals surface area contributed by atoms with Gasteiger partial charge in [-0.05, 0) is 16.5 Å². The van der Waals surface area contributed by atoms with Crippen LogP contribution in [0.4, 0.5) is 0 Å². The van der Waals surface area contributed by atoms with Gasteiger partial charge >= 0.3 is 0 Å². The highest BCUT2D eigenvalue weighted by molar-refractivity contribution is 6.21. The van der Waals surface area contributed by atoms with Crippen LogP contribution in [0.1, 0.15) is 31.9 Å². The van der Waals surface area contributed by atoms with Gasteiger partial charge < -0.3 is 0 Å². The maximum Gasteiger partial charge on any atom is 0.0795 e. The highest BCUT2D eigenvalue weighted by Gasteiger charge is 2.37. The van der Waals surface area contributed by atoms with E-state index in [2.05, 4.69) is 69.3 Å². The number of hydrogen-bond donors (Lipinski definition) is 0. The lowest BCUT2D eigenvalue weighted by molar-refractivity contribution is 0.323. The lowest BCUT2D eigenvalue weighted by Gasteiger charge is -2.36. The third-order valence-electron chi connectivity index (χ3n) is 4.06. The summed E-state index contributed by atoms with van der Waals surface area (Å²) in [5, 5.41) is 11.2. The van der Waals surface area contributed by atoms with Gasteiger partial charge in [-0.15, -0.1) is 0 Å². The lowest BCUT2D eigenvalue weighted by atomic mass is 9.71. The highest BCUT2D eigenvalue weighted by Crippen LogP contribution is 2.35. The Morgan fingerprint density at radius 3 is 1.48 bits per heavy atom. The summed E-state index contributed by atoms with van der Waals surface area (Å²) in [6.07, 6.45) is 0. The van der Waals surface area contributed by atoms with Crippen molar-refractivity contribution in [1.82, 2.24) is 5.12 Å². The number of nitrogens with zero attached hydrogens (tertiary/aromatic N) is 3. The summed E-state index contributed by atoms with van der Waals surface area (Å²) in [6, 6.07) is 20.8. The van der Waals surface area contributed by atoms with Crippen molar-refractivity contribution in [3.05, 3.63) is 71.8 Å². The molecule has 0 aliphatic carbocycles. The van der Waals surface area contributed by atoms with Gasteiger partial charge in [0.25, 0.3) is 0 Å². The Bertz CT molecular complexity index is 667. The molecular weight excluding hydrogens is 282 g/mol. The van der Waals surface area contributed by atoms with Crippen molar-refractivity contribution in [3.8, 4) is 0 Å². The summed E-state index contributed by atoms with van der Waals surface area (Å²) in [6.45, 7) is 6.75. The molecule has 3 heteroatoms. The van der Waals surface area contributed by atoms with Crippen molar-refractivity contribution in [1.29, 1.82) is 0 Å². The van der Waals surface area contributed by atoms with Gasteiger partial charge in [-0.1, -0.05) is 81.4 Å². The normalized spacial score (nSPS) is 16.1. The van der Waals surface area contributed by atoms with E-state index in [-0.39, 0.29) is 11.3 Å². The molecule has 0 spiro atoms. The van der Waals surface area contributed by atoms with E-state index in [1.54, 1.807) is 5.12 Å². The Hall–Kier alpha value is -2.42. The van der Waals surface area contributed by atoms with Crippen LogP contribution in [0.5, 0.6) is 0 Å². The third-order valence-corrected chi connectivity index (χ3v) is 4.06. The molecule has 1 aliphatic heterocycles. The summed E-state index contributed by atoms with van der Waals surface area (Å²) in [5.41, 5.74) is 4.49. The van der Waals surface area contributed by atoms with Crippen LogP contribution in [0.15, 0.2) is 70.9 Å². The van der Waals surface area contributed by atoms with Crippen molar-refractivity contribution in [2.45, 2.75) is 20.8 Å². The second kappa shape index (κ2) is 5.99. The Labute approximate surface area is 138 Å². The second-order valence-corrected chi connectivity index (χ2v) is 6.99. The summed E-state index contributed by atoms with van der Waals surface area (Å²) in [7, 11) is 1.89. The summed E-state index contributed by atoms with van der Waals surface area (Å²) in [5.74, 6) is 0.142. The van der Waals surface area contributed by atoms with E-state index in [0.717, 1.165) is 22.6 Å². The molecule has 23 heavy (non-hydrogen) atoms. The zero-order chi connectivity index (χ0) is 16.4. The zero-order valence-electron chi connectivity index (χ0n) is 14.2. The third kappa shape index (κ3) is 3.19. The molecule has 0 saturated heterocycles. The number of rotatable bonds is 2. The molecular formula is C20H23N3. The van der Waals surface area contributed by atoms with E-state index >= 15 is 0 Å². The van der Waals surface area contributed by atoms with E-state index < -0.39 is 0 Å². The highest BCUT2D eigenvalue weighted by atomic mass is 15.7.